The van der Waals surface area contributed by atoms with Gasteiger partial charge in [-0.25, -0.2) is 4.98 Å². The molecular formula is C27H34N4O. The summed E-state index contributed by atoms with van der Waals surface area (Å²) in [6.07, 6.45) is 5.03. The fourth-order valence-electron chi connectivity index (χ4n) is 4.30. The molecule has 1 aromatic heterocycles. The number of hydrogen-bond donors (Lipinski definition) is 1. The van der Waals surface area contributed by atoms with Crippen LogP contribution in [0.1, 0.15) is 55.2 Å². The molecule has 4 rings (SSSR count). The highest BCUT2D eigenvalue weighted by Gasteiger charge is 2.27. The van der Waals surface area contributed by atoms with Crippen molar-refractivity contribution in [2.45, 2.75) is 44.3 Å². The zero-order valence-electron chi connectivity index (χ0n) is 19.3. The van der Waals surface area contributed by atoms with Gasteiger partial charge in [-0.3, -0.25) is 0 Å². The number of nitrogens with zero attached hydrogens (tertiary/aromatic N) is 3. The molecule has 5 heteroatoms. The quantitative estimate of drug-likeness (QED) is 0.450. The molecule has 1 unspecified atom stereocenters. The lowest BCUT2D eigenvalue weighted by molar-refractivity contribution is -0.0276. The summed E-state index contributed by atoms with van der Waals surface area (Å²) in [5, 5.41) is 0. The van der Waals surface area contributed by atoms with E-state index < -0.39 is 0 Å². The molecule has 1 aliphatic heterocycles. The third-order valence-electron chi connectivity index (χ3n) is 6.23. The fourth-order valence-corrected chi connectivity index (χ4v) is 4.30. The molecule has 0 aliphatic carbocycles. The minimum absolute atomic E-state index is 0.222. The van der Waals surface area contributed by atoms with Crippen LogP contribution in [-0.2, 0) is 11.8 Å². The number of para-hydroxylation sites is 2. The van der Waals surface area contributed by atoms with Gasteiger partial charge in [-0.1, -0.05) is 36.1 Å². The second kappa shape index (κ2) is 10.8. The summed E-state index contributed by atoms with van der Waals surface area (Å²) in [6.45, 7) is 2.85. The molecule has 5 nitrogen and oxygen atoms in total. The highest BCUT2D eigenvalue weighted by atomic mass is 16.5. The first-order valence-electron chi connectivity index (χ1n) is 11.7. The summed E-state index contributed by atoms with van der Waals surface area (Å²) >= 11 is 0. The number of nitrogens with two attached hydrogens (primary N) is 1. The third kappa shape index (κ3) is 5.39. The molecule has 1 aliphatic rings. The van der Waals surface area contributed by atoms with Crippen LogP contribution in [0.4, 0.5) is 0 Å². The smallest absolute Gasteiger partial charge is 0.143 e. The Morgan fingerprint density at radius 1 is 1.09 bits per heavy atom. The van der Waals surface area contributed by atoms with Crippen molar-refractivity contribution in [3.8, 4) is 11.8 Å². The van der Waals surface area contributed by atoms with Gasteiger partial charge in [0.15, 0.2) is 0 Å². The largest absolute Gasteiger partial charge is 0.362 e. The van der Waals surface area contributed by atoms with Gasteiger partial charge in [0.2, 0.25) is 0 Å². The first-order valence-corrected chi connectivity index (χ1v) is 11.7. The molecule has 0 spiro atoms. The molecule has 32 heavy (non-hydrogen) atoms. The van der Waals surface area contributed by atoms with Crippen molar-refractivity contribution in [1.29, 1.82) is 0 Å². The molecule has 0 saturated carbocycles. The Balaban J connectivity index is 1.64. The van der Waals surface area contributed by atoms with Crippen LogP contribution in [-0.4, -0.2) is 47.2 Å². The molecule has 168 valence electrons. The summed E-state index contributed by atoms with van der Waals surface area (Å²) in [7, 11) is 4.26. The Hall–Kier alpha value is -2.65. The van der Waals surface area contributed by atoms with E-state index >= 15 is 0 Å². The highest BCUT2D eigenvalue weighted by molar-refractivity contribution is 5.76. The summed E-state index contributed by atoms with van der Waals surface area (Å²) in [6, 6.07) is 16.7. The molecule has 1 atom stereocenters. The van der Waals surface area contributed by atoms with Gasteiger partial charge in [0, 0.05) is 32.1 Å². The number of piperidine rings is 1. The molecule has 2 aromatic carbocycles. The maximum absolute atomic E-state index is 6.76. The third-order valence-corrected chi connectivity index (χ3v) is 6.23. The normalized spacial score (nSPS) is 16.1. The minimum atomic E-state index is -0.222. The van der Waals surface area contributed by atoms with Crippen molar-refractivity contribution in [2.24, 2.45) is 12.8 Å². The van der Waals surface area contributed by atoms with Crippen LogP contribution in [0, 0.1) is 11.8 Å². The number of aromatic nitrogens is 2. The zero-order chi connectivity index (χ0) is 22.3. The topological polar surface area (TPSA) is 56.3 Å². The predicted octanol–water partition coefficient (Wildman–Crippen LogP) is 4.25. The lowest BCUT2D eigenvalue weighted by Crippen LogP contribution is -2.35. The van der Waals surface area contributed by atoms with E-state index in [-0.39, 0.29) is 12.2 Å². The van der Waals surface area contributed by atoms with Crippen LogP contribution in [0.5, 0.6) is 0 Å². The number of likely N-dealkylation sites (tertiary alicyclic amines) is 1. The maximum Gasteiger partial charge on any atom is 0.143 e. The Morgan fingerprint density at radius 2 is 1.91 bits per heavy atom. The monoisotopic (exact) mass is 430 g/mol. The lowest BCUT2D eigenvalue weighted by Gasteiger charge is -2.32. The first kappa shape index (κ1) is 22.5. The standard InChI is InChI=1S/C27H34N4O/c1-30-18-15-23(16-19-30)32-26(27-29-24-13-6-7-14-25(24)31(27)2)22-12-9-11-21(20-22)10-5-3-4-8-17-28/h6-7,9,11-14,20,23,26H,3-4,8,15-19,28H2,1-2H3. The Kier molecular flexibility index (Phi) is 7.59. The van der Waals surface area contributed by atoms with E-state index in [4.69, 9.17) is 15.5 Å². The Bertz CT molecular complexity index is 1090. The molecule has 0 radical (unpaired) electrons. The molecule has 0 amide bonds. The summed E-state index contributed by atoms with van der Waals surface area (Å²) in [4.78, 5) is 7.34. The molecule has 3 aromatic rings. The number of unbranched alkanes of at least 4 members (excludes halogenated alkanes) is 2. The van der Waals surface area contributed by atoms with Crippen LogP contribution >= 0.6 is 0 Å². The van der Waals surface area contributed by atoms with Gasteiger partial charge in [0.05, 0.1) is 17.1 Å². The van der Waals surface area contributed by atoms with E-state index in [0.29, 0.717) is 0 Å². The SMILES string of the molecule is CN1CCC(OC(c2cccc(C#CCCCCN)c2)c2nc3ccccc3n2C)CC1. The molecule has 0 bridgehead atoms. The van der Waals surface area contributed by atoms with Crippen molar-refractivity contribution < 1.29 is 4.74 Å². The minimum Gasteiger partial charge on any atom is -0.362 e. The zero-order valence-corrected chi connectivity index (χ0v) is 19.3. The van der Waals surface area contributed by atoms with Crippen LogP contribution in [0.3, 0.4) is 0 Å². The number of fused-ring (bicyclic) bond motifs is 1. The fraction of sp³-hybridized carbons (Fsp3) is 0.444. The number of rotatable bonds is 7. The van der Waals surface area contributed by atoms with Gasteiger partial charge < -0.3 is 19.9 Å². The van der Waals surface area contributed by atoms with E-state index in [1.165, 1.54) is 0 Å². The number of ether oxygens (including phenoxy) is 1. The molecular weight excluding hydrogens is 396 g/mol. The van der Waals surface area contributed by atoms with Crippen LogP contribution in [0.25, 0.3) is 11.0 Å². The average molecular weight is 431 g/mol. The van der Waals surface area contributed by atoms with Gasteiger partial charge in [-0.15, -0.1) is 0 Å². The number of benzene rings is 2. The van der Waals surface area contributed by atoms with Gasteiger partial charge >= 0.3 is 0 Å². The van der Waals surface area contributed by atoms with Crippen molar-refractivity contribution >= 4 is 11.0 Å². The van der Waals surface area contributed by atoms with Crippen molar-refractivity contribution in [1.82, 2.24) is 14.5 Å². The average Bonchev–Trinajstić information content (AvgIpc) is 3.15. The van der Waals surface area contributed by atoms with Gasteiger partial charge in [-0.05, 0) is 69.1 Å². The van der Waals surface area contributed by atoms with Crippen LogP contribution in [0.15, 0.2) is 48.5 Å². The predicted molar refractivity (Wildman–Crippen MR) is 130 cm³/mol. The molecule has 1 fully saturated rings. The van der Waals surface area contributed by atoms with Gasteiger partial charge in [0.25, 0.3) is 0 Å². The van der Waals surface area contributed by atoms with E-state index in [2.05, 4.69) is 77.9 Å². The molecule has 1 saturated heterocycles. The van der Waals surface area contributed by atoms with E-state index in [0.717, 1.165) is 79.7 Å². The van der Waals surface area contributed by atoms with Gasteiger partial charge in [-0.2, -0.15) is 0 Å². The van der Waals surface area contributed by atoms with Gasteiger partial charge in [0.1, 0.15) is 11.9 Å². The van der Waals surface area contributed by atoms with Crippen LogP contribution < -0.4 is 5.73 Å². The number of imidazole rings is 1. The van der Waals surface area contributed by atoms with Crippen molar-refractivity contribution in [2.75, 3.05) is 26.7 Å². The summed E-state index contributed by atoms with van der Waals surface area (Å²) in [5.41, 5.74) is 9.83. The molecule has 2 N–H and O–H groups in total. The Labute approximate surface area is 191 Å². The maximum atomic E-state index is 6.76. The van der Waals surface area contributed by atoms with Crippen molar-refractivity contribution in [3.05, 3.63) is 65.5 Å². The first-order chi connectivity index (χ1) is 15.7. The van der Waals surface area contributed by atoms with Crippen molar-refractivity contribution in [3.63, 3.8) is 0 Å². The summed E-state index contributed by atoms with van der Waals surface area (Å²) < 4.78 is 8.93. The summed E-state index contributed by atoms with van der Waals surface area (Å²) in [5.74, 6) is 7.55. The second-order valence-electron chi connectivity index (χ2n) is 8.71. The lowest BCUT2D eigenvalue weighted by atomic mass is 10.0. The van der Waals surface area contributed by atoms with Crippen LogP contribution in [0.2, 0.25) is 0 Å². The second-order valence-corrected chi connectivity index (χ2v) is 8.71. The highest BCUT2D eigenvalue weighted by Crippen LogP contribution is 2.31. The number of hydrogen-bond acceptors (Lipinski definition) is 4. The van der Waals surface area contributed by atoms with E-state index in [1.807, 2.05) is 6.07 Å². The number of aryl methyl sites for hydroxylation is 1. The Morgan fingerprint density at radius 3 is 2.69 bits per heavy atom. The van der Waals surface area contributed by atoms with E-state index in [1.54, 1.807) is 0 Å². The van der Waals surface area contributed by atoms with E-state index in [9.17, 15) is 0 Å². The molecule has 2 heterocycles.